The average Bonchev–Trinajstić information content (AvgIpc) is 2.36. The van der Waals surface area contributed by atoms with Crippen molar-refractivity contribution in [2.75, 3.05) is 0 Å². The second kappa shape index (κ2) is 7.68. The van der Waals surface area contributed by atoms with Gasteiger partial charge in [-0.3, -0.25) is 4.98 Å². The summed E-state index contributed by atoms with van der Waals surface area (Å²) >= 11 is 0. The molecule has 0 bridgehead atoms. The van der Waals surface area contributed by atoms with Crippen LogP contribution in [-0.2, 0) is 6.61 Å². The molecule has 0 amide bonds. The van der Waals surface area contributed by atoms with Gasteiger partial charge in [-0.15, -0.1) is 0 Å². The van der Waals surface area contributed by atoms with Gasteiger partial charge in [-0.2, -0.15) is 0 Å². The summed E-state index contributed by atoms with van der Waals surface area (Å²) < 4.78 is 69.0. The molecule has 0 spiro atoms. The number of rotatable bonds is 4. The van der Waals surface area contributed by atoms with Gasteiger partial charge in [0.15, 0.2) is 0 Å². The average molecular weight is 327 g/mol. The maximum absolute atomic E-state index is 12.9. The van der Waals surface area contributed by atoms with Crippen LogP contribution in [0.3, 0.4) is 0 Å². The van der Waals surface area contributed by atoms with Crippen LogP contribution in [0.25, 0.3) is 0 Å². The third-order valence-corrected chi connectivity index (χ3v) is 2.48. The molecule has 0 fully saturated rings. The molecule has 0 unspecified atom stereocenters. The molecule has 21 heavy (non-hydrogen) atoms. The van der Waals surface area contributed by atoms with Crippen molar-refractivity contribution in [3.63, 3.8) is 0 Å². The maximum Gasteiger partial charge on any atom is 1.00 e. The van der Waals surface area contributed by atoms with Gasteiger partial charge in [-0.25, -0.2) is 8.78 Å². The molecule has 1 aromatic carbocycles. The summed E-state index contributed by atoms with van der Waals surface area (Å²) in [5.41, 5.74) is -0.885. The normalized spacial score (nSPS) is 10.9. The zero-order chi connectivity index (χ0) is 14.8. The third kappa shape index (κ3) is 5.33. The Bertz CT molecular complexity index is 623. The largest absolute Gasteiger partial charge is 1.00 e. The smallest absolute Gasteiger partial charge is 0.492 e. The minimum absolute atomic E-state index is 0. The number of benzene rings is 1. The van der Waals surface area contributed by atoms with Crippen LogP contribution in [-0.4, -0.2) is 12.0 Å². The molecular weight excluding hydrogens is 319 g/mol. The van der Waals surface area contributed by atoms with Crippen LogP contribution in [0.15, 0.2) is 36.7 Å². The zero-order valence-corrected chi connectivity index (χ0v) is 14.1. The molecule has 0 aliphatic rings. The topological polar surface area (TPSA) is 22.1 Å². The van der Waals surface area contributed by atoms with E-state index in [-0.39, 0.29) is 63.6 Å². The van der Waals surface area contributed by atoms with E-state index >= 15 is 0 Å². The molecule has 2 nitrogen and oxygen atoms in total. The molecule has 0 saturated carbocycles. The molecule has 1 aromatic heterocycles. The van der Waals surface area contributed by atoms with Crippen molar-refractivity contribution in [2.45, 2.75) is 6.61 Å². The van der Waals surface area contributed by atoms with E-state index in [2.05, 4.69) is 4.98 Å². The van der Waals surface area contributed by atoms with E-state index in [1.807, 2.05) is 0 Å². The number of aromatic nitrogens is 1. The number of halogens is 5. The Labute approximate surface area is 160 Å². The summed E-state index contributed by atoms with van der Waals surface area (Å²) in [6.07, 6.45) is 2.23. The number of ether oxygens (including phenoxy) is 1. The molecule has 2 rings (SSSR count). The summed E-state index contributed by atoms with van der Waals surface area (Å²) in [5.74, 6) is -2.12. The number of nitrogens with zero attached hydrogens (tertiary/aromatic N) is 1. The van der Waals surface area contributed by atoms with Crippen molar-refractivity contribution in [1.82, 2.24) is 4.98 Å². The SMILES string of the molecule is Fc1cncc(COc2ccc(F)cc2[B-](F)(F)F)c1.[K+]. The number of hydrogen-bond donors (Lipinski definition) is 0. The first-order chi connectivity index (χ1) is 9.36. The molecule has 2 aromatic rings. The van der Waals surface area contributed by atoms with Crippen molar-refractivity contribution in [3.05, 3.63) is 53.9 Å². The second-order valence-corrected chi connectivity index (χ2v) is 4.06. The Hall–Kier alpha value is -0.479. The summed E-state index contributed by atoms with van der Waals surface area (Å²) in [6, 6.07) is 3.23. The maximum atomic E-state index is 12.9. The molecule has 106 valence electrons. The predicted octanol–water partition coefficient (Wildman–Crippen LogP) is -0.00280. The Morgan fingerprint density at radius 1 is 1.00 bits per heavy atom. The van der Waals surface area contributed by atoms with E-state index in [1.165, 1.54) is 6.20 Å². The molecule has 1 heterocycles. The Morgan fingerprint density at radius 2 is 1.71 bits per heavy atom. The van der Waals surface area contributed by atoms with Gasteiger partial charge in [0.2, 0.25) is 0 Å². The third-order valence-electron chi connectivity index (χ3n) is 2.48. The summed E-state index contributed by atoms with van der Waals surface area (Å²) in [6.45, 7) is -5.70. The van der Waals surface area contributed by atoms with Gasteiger partial charge in [0, 0.05) is 11.8 Å². The van der Waals surface area contributed by atoms with Gasteiger partial charge in [0.05, 0.1) is 11.9 Å². The molecule has 0 atom stereocenters. The van der Waals surface area contributed by atoms with E-state index in [4.69, 9.17) is 4.74 Å². The van der Waals surface area contributed by atoms with Crippen molar-refractivity contribution in [2.24, 2.45) is 0 Å². The van der Waals surface area contributed by atoms with Crippen LogP contribution < -0.4 is 61.6 Å². The minimum Gasteiger partial charge on any atom is -0.492 e. The van der Waals surface area contributed by atoms with E-state index in [0.29, 0.717) is 6.07 Å². The van der Waals surface area contributed by atoms with Crippen LogP contribution in [0.1, 0.15) is 5.56 Å². The van der Waals surface area contributed by atoms with E-state index in [1.54, 1.807) is 0 Å². The van der Waals surface area contributed by atoms with E-state index < -0.39 is 29.8 Å². The van der Waals surface area contributed by atoms with Gasteiger partial charge in [-0.1, -0.05) is 5.46 Å². The molecule has 0 aliphatic carbocycles. The second-order valence-electron chi connectivity index (χ2n) is 4.06. The van der Waals surface area contributed by atoms with Crippen LogP contribution in [0.4, 0.5) is 21.7 Å². The zero-order valence-electron chi connectivity index (χ0n) is 11.0. The van der Waals surface area contributed by atoms with Gasteiger partial charge in [0.1, 0.15) is 18.2 Å². The monoisotopic (exact) mass is 327 g/mol. The first-order valence-electron chi connectivity index (χ1n) is 5.58. The number of hydrogen-bond acceptors (Lipinski definition) is 2. The molecule has 0 N–H and O–H groups in total. The fourth-order valence-corrected chi connectivity index (χ4v) is 1.60. The van der Waals surface area contributed by atoms with Gasteiger partial charge < -0.3 is 17.7 Å². The van der Waals surface area contributed by atoms with Crippen LogP contribution >= 0.6 is 0 Å². The Balaban J connectivity index is 0.00000220. The number of pyridine rings is 1. The predicted molar refractivity (Wildman–Crippen MR) is 63.6 cm³/mol. The fourth-order valence-electron chi connectivity index (χ4n) is 1.60. The standard InChI is InChI=1S/C12H8BF5NO.K/c14-9-1-2-12(11(4-9)13(16,17)18)20-7-8-3-10(15)6-19-5-8;/h1-6H,7H2;/q-1;+1. The van der Waals surface area contributed by atoms with Crippen molar-refractivity contribution in [1.29, 1.82) is 0 Å². The van der Waals surface area contributed by atoms with Crippen LogP contribution in [0, 0.1) is 11.6 Å². The van der Waals surface area contributed by atoms with Crippen molar-refractivity contribution >= 4 is 12.4 Å². The Morgan fingerprint density at radius 3 is 2.33 bits per heavy atom. The van der Waals surface area contributed by atoms with Crippen LogP contribution in [0.2, 0.25) is 0 Å². The summed E-state index contributed by atoms with van der Waals surface area (Å²) in [4.78, 5) is 3.55. The first-order valence-corrected chi connectivity index (χ1v) is 5.58. The minimum atomic E-state index is -5.40. The molecule has 0 radical (unpaired) electrons. The van der Waals surface area contributed by atoms with Crippen molar-refractivity contribution in [3.8, 4) is 5.75 Å². The molecule has 9 heteroatoms. The van der Waals surface area contributed by atoms with Gasteiger partial charge >= 0.3 is 58.4 Å². The van der Waals surface area contributed by atoms with Gasteiger partial charge in [0.25, 0.3) is 0 Å². The van der Waals surface area contributed by atoms with Crippen molar-refractivity contribution < 1.29 is 77.8 Å². The van der Waals surface area contributed by atoms with E-state index in [0.717, 1.165) is 24.4 Å². The quantitative estimate of drug-likeness (QED) is 0.583. The summed E-state index contributed by atoms with van der Waals surface area (Å²) in [7, 11) is 0. The van der Waals surface area contributed by atoms with E-state index in [9.17, 15) is 21.7 Å². The van der Waals surface area contributed by atoms with Crippen LogP contribution in [0.5, 0.6) is 5.75 Å². The molecule has 0 saturated heterocycles. The molecular formula is C12H8BF5KNO. The Kier molecular flexibility index (Phi) is 6.79. The molecule has 0 aliphatic heterocycles. The van der Waals surface area contributed by atoms with Gasteiger partial charge in [-0.05, 0) is 24.3 Å². The summed E-state index contributed by atoms with van der Waals surface area (Å²) in [5, 5.41) is 0. The fraction of sp³-hybridized carbons (Fsp3) is 0.0833. The first kappa shape index (κ1) is 18.6.